The van der Waals surface area contributed by atoms with Gasteiger partial charge in [0.25, 0.3) is 0 Å². The molecule has 20 heavy (non-hydrogen) atoms. The van der Waals surface area contributed by atoms with Crippen LogP contribution in [0, 0.1) is 5.92 Å². The molecule has 1 unspecified atom stereocenters. The van der Waals surface area contributed by atoms with Gasteiger partial charge in [0.05, 0.1) is 6.61 Å². The van der Waals surface area contributed by atoms with Crippen molar-refractivity contribution in [1.29, 1.82) is 0 Å². The van der Waals surface area contributed by atoms with Gasteiger partial charge in [-0.05, 0) is 43.5 Å². The second-order valence-electron chi connectivity index (χ2n) is 5.57. The average Bonchev–Trinajstić information content (AvgIpc) is 2.44. The van der Waals surface area contributed by atoms with Crippen LogP contribution in [0.3, 0.4) is 0 Å². The summed E-state index contributed by atoms with van der Waals surface area (Å²) >= 11 is 0. The molecule has 3 nitrogen and oxygen atoms in total. The van der Waals surface area contributed by atoms with Crippen molar-refractivity contribution in [2.24, 2.45) is 5.92 Å². The van der Waals surface area contributed by atoms with Gasteiger partial charge in [0.2, 0.25) is 0 Å². The van der Waals surface area contributed by atoms with E-state index in [1.54, 1.807) is 0 Å². The second-order valence-corrected chi connectivity index (χ2v) is 5.57. The molecule has 1 N–H and O–H groups in total. The van der Waals surface area contributed by atoms with Crippen molar-refractivity contribution in [2.75, 3.05) is 26.4 Å². The van der Waals surface area contributed by atoms with Crippen molar-refractivity contribution in [2.45, 2.75) is 40.2 Å². The predicted molar refractivity (Wildman–Crippen MR) is 84.3 cm³/mol. The lowest BCUT2D eigenvalue weighted by Crippen LogP contribution is -2.19. The quantitative estimate of drug-likeness (QED) is 0.661. The largest absolute Gasteiger partial charge is 0.491 e. The van der Waals surface area contributed by atoms with Crippen LogP contribution in [0.5, 0.6) is 5.75 Å². The summed E-state index contributed by atoms with van der Waals surface area (Å²) in [7, 11) is 0. The third-order valence-electron chi connectivity index (χ3n) is 3.01. The summed E-state index contributed by atoms with van der Waals surface area (Å²) in [6.07, 6.45) is 1.15. The van der Waals surface area contributed by atoms with Gasteiger partial charge in [0.15, 0.2) is 0 Å². The molecule has 0 saturated heterocycles. The highest BCUT2D eigenvalue weighted by Gasteiger charge is 2.05. The third kappa shape index (κ3) is 6.92. The standard InChI is InChI=1S/C17H29NO2/c1-5-9-18-15(4)16-7-6-8-17(12-16)20-11-10-19-13-14(2)3/h6-8,12,14-15,18H,5,9-11,13H2,1-4H3. The Hall–Kier alpha value is -1.06. The highest BCUT2D eigenvalue weighted by atomic mass is 16.5. The lowest BCUT2D eigenvalue weighted by atomic mass is 10.1. The molecule has 0 aromatic heterocycles. The number of rotatable bonds is 10. The molecule has 0 aliphatic rings. The fraction of sp³-hybridized carbons (Fsp3) is 0.647. The fourth-order valence-electron chi connectivity index (χ4n) is 1.89. The molecule has 3 heteroatoms. The molecule has 1 atom stereocenters. The van der Waals surface area contributed by atoms with Crippen LogP contribution < -0.4 is 10.1 Å². The smallest absolute Gasteiger partial charge is 0.119 e. The number of benzene rings is 1. The number of hydrogen-bond acceptors (Lipinski definition) is 3. The lowest BCUT2D eigenvalue weighted by Gasteiger charge is -2.15. The van der Waals surface area contributed by atoms with Gasteiger partial charge < -0.3 is 14.8 Å². The van der Waals surface area contributed by atoms with E-state index < -0.39 is 0 Å². The number of hydrogen-bond donors (Lipinski definition) is 1. The maximum atomic E-state index is 5.73. The molecule has 114 valence electrons. The Kier molecular flexibility index (Phi) is 8.31. The predicted octanol–water partition coefficient (Wildman–Crippen LogP) is 3.80. The maximum Gasteiger partial charge on any atom is 0.119 e. The molecule has 1 rings (SSSR count). The topological polar surface area (TPSA) is 30.5 Å². The van der Waals surface area contributed by atoms with Crippen LogP contribution >= 0.6 is 0 Å². The monoisotopic (exact) mass is 279 g/mol. The zero-order valence-corrected chi connectivity index (χ0v) is 13.3. The Labute approximate surface area is 123 Å². The molecule has 0 bridgehead atoms. The van der Waals surface area contributed by atoms with Crippen molar-refractivity contribution < 1.29 is 9.47 Å². The van der Waals surface area contributed by atoms with E-state index in [-0.39, 0.29) is 0 Å². The molecule has 1 aromatic carbocycles. The normalized spacial score (nSPS) is 12.7. The average molecular weight is 279 g/mol. The summed E-state index contributed by atoms with van der Waals surface area (Å²) in [6, 6.07) is 8.64. The van der Waals surface area contributed by atoms with Crippen molar-refractivity contribution in [3.63, 3.8) is 0 Å². The minimum Gasteiger partial charge on any atom is -0.491 e. The van der Waals surface area contributed by atoms with Gasteiger partial charge in [0, 0.05) is 12.6 Å². The SMILES string of the molecule is CCCNC(C)c1cccc(OCCOCC(C)C)c1. The van der Waals surface area contributed by atoms with Gasteiger partial charge >= 0.3 is 0 Å². The van der Waals surface area contributed by atoms with Crippen LogP contribution in [0.15, 0.2) is 24.3 Å². The van der Waals surface area contributed by atoms with E-state index in [0.717, 1.165) is 25.3 Å². The van der Waals surface area contributed by atoms with Gasteiger partial charge in [-0.1, -0.05) is 32.9 Å². The molecule has 0 radical (unpaired) electrons. The molecule has 0 amide bonds. The molecular formula is C17H29NO2. The van der Waals surface area contributed by atoms with Crippen molar-refractivity contribution in [3.05, 3.63) is 29.8 Å². The first-order chi connectivity index (χ1) is 9.63. The summed E-state index contributed by atoms with van der Waals surface area (Å²) in [5.41, 5.74) is 1.26. The summed E-state index contributed by atoms with van der Waals surface area (Å²) < 4.78 is 11.2. The van der Waals surface area contributed by atoms with Crippen LogP contribution in [-0.2, 0) is 4.74 Å². The van der Waals surface area contributed by atoms with Gasteiger partial charge in [-0.3, -0.25) is 0 Å². The summed E-state index contributed by atoms with van der Waals surface area (Å²) in [4.78, 5) is 0. The first-order valence-corrected chi connectivity index (χ1v) is 7.67. The van der Waals surface area contributed by atoms with Crippen molar-refractivity contribution in [1.82, 2.24) is 5.32 Å². The first kappa shape index (κ1) is 17.0. The Morgan fingerprint density at radius 3 is 2.65 bits per heavy atom. The maximum absolute atomic E-state index is 5.73. The zero-order chi connectivity index (χ0) is 14.8. The van der Waals surface area contributed by atoms with Crippen LogP contribution in [0.4, 0.5) is 0 Å². The molecule has 1 aromatic rings. The van der Waals surface area contributed by atoms with Crippen LogP contribution in [-0.4, -0.2) is 26.4 Å². The Balaban J connectivity index is 2.35. The van der Waals surface area contributed by atoms with Gasteiger partial charge in [-0.25, -0.2) is 0 Å². The molecule has 0 spiro atoms. The fourth-order valence-corrected chi connectivity index (χ4v) is 1.89. The van der Waals surface area contributed by atoms with E-state index in [4.69, 9.17) is 9.47 Å². The molecule has 0 heterocycles. The van der Waals surface area contributed by atoms with E-state index in [1.807, 2.05) is 12.1 Å². The van der Waals surface area contributed by atoms with E-state index in [2.05, 4.69) is 45.1 Å². The molecular weight excluding hydrogens is 250 g/mol. The molecule has 0 aliphatic carbocycles. The minimum absolute atomic E-state index is 0.357. The molecule has 0 fully saturated rings. The highest BCUT2D eigenvalue weighted by Crippen LogP contribution is 2.19. The number of ether oxygens (including phenoxy) is 2. The lowest BCUT2D eigenvalue weighted by molar-refractivity contribution is 0.0818. The second kappa shape index (κ2) is 9.78. The third-order valence-corrected chi connectivity index (χ3v) is 3.01. The van der Waals surface area contributed by atoms with Crippen LogP contribution in [0.2, 0.25) is 0 Å². The minimum atomic E-state index is 0.357. The van der Waals surface area contributed by atoms with Gasteiger partial charge in [-0.2, -0.15) is 0 Å². The van der Waals surface area contributed by atoms with Crippen molar-refractivity contribution >= 4 is 0 Å². The van der Waals surface area contributed by atoms with E-state index >= 15 is 0 Å². The zero-order valence-electron chi connectivity index (χ0n) is 13.3. The molecule has 0 aliphatic heterocycles. The summed E-state index contributed by atoms with van der Waals surface area (Å²) in [6.45, 7) is 11.7. The summed E-state index contributed by atoms with van der Waals surface area (Å²) in [5, 5.41) is 3.48. The highest BCUT2D eigenvalue weighted by molar-refractivity contribution is 5.30. The molecule has 0 saturated carbocycles. The Morgan fingerprint density at radius 1 is 1.15 bits per heavy atom. The van der Waals surface area contributed by atoms with E-state index in [0.29, 0.717) is 25.2 Å². The van der Waals surface area contributed by atoms with Gasteiger partial charge in [0.1, 0.15) is 12.4 Å². The van der Waals surface area contributed by atoms with Crippen LogP contribution in [0.25, 0.3) is 0 Å². The summed E-state index contributed by atoms with van der Waals surface area (Å²) in [5.74, 6) is 1.49. The van der Waals surface area contributed by atoms with Crippen LogP contribution in [0.1, 0.15) is 45.7 Å². The number of nitrogens with one attached hydrogen (secondary N) is 1. The Bertz CT molecular complexity index is 366. The van der Waals surface area contributed by atoms with Crippen molar-refractivity contribution in [3.8, 4) is 5.75 Å². The Morgan fingerprint density at radius 2 is 1.95 bits per heavy atom. The van der Waals surface area contributed by atoms with E-state index in [1.165, 1.54) is 5.56 Å². The van der Waals surface area contributed by atoms with Gasteiger partial charge in [-0.15, -0.1) is 0 Å². The van der Waals surface area contributed by atoms with E-state index in [9.17, 15) is 0 Å². The first-order valence-electron chi connectivity index (χ1n) is 7.67.